The SMILES string of the molecule is CCCCc1nc(Cl)c(COCOCCOC)n1Cc1ccc(-c2ccccc2NC(=O)C(F)(F)F)cc1. The third-order valence-corrected chi connectivity index (χ3v) is 6.03. The standard InChI is InChI=1S/C27H31ClF3N3O4/c1-3-4-9-24-33-25(28)23(17-38-18-37-15-14-36-2)34(24)16-19-10-12-20(13-11-19)21-7-5-6-8-22(21)32-26(35)27(29,30)31/h5-8,10-13H,3-4,9,14-18H2,1-2H3,(H,32,35). The molecule has 1 aromatic heterocycles. The van der Waals surface area contributed by atoms with Crippen LogP contribution in [0, 0.1) is 0 Å². The molecule has 0 fully saturated rings. The molecule has 206 valence electrons. The van der Waals surface area contributed by atoms with E-state index in [1.54, 1.807) is 37.4 Å². The number of ether oxygens (including phenoxy) is 3. The molecule has 7 nitrogen and oxygen atoms in total. The number of imidazole rings is 1. The lowest BCUT2D eigenvalue weighted by atomic mass is 10.0. The quantitative estimate of drug-likeness (QED) is 0.189. The van der Waals surface area contributed by atoms with Crippen molar-refractivity contribution in [1.82, 2.24) is 9.55 Å². The van der Waals surface area contributed by atoms with E-state index < -0.39 is 12.1 Å². The molecule has 0 aliphatic rings. The summed E-state index contributed by atoms with van der Waals surface area (Å²) >= 11 is 6.47. The van der Waals surface area contributed by atoms with Gasteiger partial charge in [0.2, 0.25) is 0 Å². The zero-order valence-corrected chi connectivity index (χ0v) is 22.1. The van der Waals surface area contributed by atoms with Gasteiger partial charge in [0.1, 0.15) is 12.6 Å². The maximum Gasteiger partial charge on any atom is 0.471 e. The molecule has 0 aliphatic heterocycles. The van der Waals surface area contributed by atoms with E-state index >= 15 is 0 Å². The predicted molar refractivity (Wildman–Crippen MR) is 139 cm³/mol. The Bertz CT molecular complexity index is 1180. The molecule has 38 heavy (non-hydrogen) atoms. The number of amides is 1. The number of benzene rings is 2. The Labute approximate surface area is 224 Å². The fourth-order valence-electron chi connectivity index (χ4n) is 3.76. The van der Waals surface area contributed by atoms with Gasteiger partial charge in [0.25, 0.3) is 0 Å². The molecular weight excluding hydrogens is 523 g/mol. The Hall–Kier alpha value is -2.92. The summed E-state index contributed by atoms with van der Waals surface area (Å²) < 4.78 is 56.3. The number of carbonyl (C=O) groups is 1. The average Bonchev–Trinajstić information content (AvgIpc) is 3.18. The van der Waals surface area contributed by atoms with Gasteiger partial charge in [-0.3, -0.25) is 4.79 Å². The average molecular weight is 554 g/mol. The van der Waals surface area contributed by atoms with Crippen molar-refractivity contribution in [2.45, 2.75) is 45.5 Å². The highest BCUT2D eigenvalue weighted by Crippen LogP contribution is 2.30. The first-order valence-electron chi connectivity index (χ1n) is 12.2. The third-order valence-electron chi connectivity index (χ3n) is 5.73. The van der Waals surface area contributed by atoms with Crippen LogP contribution < -0.4 is 5.32 Å². The molecule has 11 heteroatoms. The van der Waals surface area contributed by atoms with Gasteiger partial charge in [0.05, 0.1) is 25.5 Å². The van der Waals surface area contributed by atoms with Crippen molar-refractivity contribution in [3.8, 4) is 11.1 Å². The highest BCUT2D eigenvalue weighted by Gasteiger charge is 2.39. The van der Waals surface area contributed by atoms with Crippen LogP contribution >= 0.6 is 11.6 Å². The van der Waals surface area contributed by atoms with E-state index in [0.29, 0.717) is 36.0 Å². The first-order valence-corrected chi connectivity index (χ1v) is 12.6. The lowest BCUT2D eigenvalue weighted by Gasteiger charge is -2.15. The number of rotatable bonds is 14. The van der Waals surface area contributed by atoms with Gasteiger partial charge >= 0.3 is 12.1 Å². The maximum absolute atomic E-state index is 12.8. The minimum atomic E-state index is -4.98. The molecule has 3 aromatic rings. The van der Waals surface area contributed by atoms with E-state index in [1.165, 1.54) is 6.07 Å². The molecule has 0 saturated heterocycles. The van der Waals surface area contributed by atoms with Crippen LogP contribution in [0.1, 0.15) is 36.8 Å². The summed E-state index contributed by atoms with van der Waals surface area (Å²) in [5, 5.41) is 2.33. The number of nitrogens with zero attached hydrogens (tertiary/aromatic N) is 2. The van der Waals surface area contributed by atoms with Crippen molar-refractivity contribution < 1.29 is 32.2 Å². The molecule has 1 heterocycles. The Kier molecular flexibility index (Phi) is 11.1. The van der Waals surface area contributed by atoms with Crippen molar-refractivity contribution in [2.24, 2.45) is 0 Å². The number of methoxy groups -OCH3 is 1. The second-order valence-electron chi connectivity index (χ2n) is 8.52. The van der Waals surface area contributed by atoms with Gasteiger partial charge < -0.3 is 24.1 Å². The largest absolute Gasteiger partial charge is 0.471 e. The van der Waals surface area contributed by atoms with Gasteiger partial charge in [-0.25, -0.2) is 4.98 Å². The smallest absolute Gasteiger partial charge is 0.382 e. The normalized spacial score (nSPS) is 11.6. The number of hydrogen-bond acceptors (Lipinski definition) is 5. The number of carbonyl (C=O) groups excluding carboxylic acids is 1. The van der Waals surface area contributed by atoms with E-state index in [9.17, 15) is 18.0 Å². The molecule has 0 aliphatic carbocycles. The molecule has 1 amide bonds. The Balaban J connectivity index is 1.78. The molecular formula is C27H31ClF3N3O4. The molecule has 1 N–H and O–H groups in total. The van der Waals surface area contributed by atoms with Crippen molar-refractivity contribution >= 4 is 23.2 Å². The van der Waals surface area contributed by atoms with Gasteiger partial charge in [-0.15, -0.1) is 0 Å². The zero-order chi connectivity index (χ0) is 27.5. The number of alkyl halides is 3. The van der Waals surface area contributed by atoms with E-state index in [2.05, 4.69) is 11.9 Å². The van der Waals surface area contributed by atoms with Crippen LogP contribution in [0.15, 0.2) is 48.5 Å². The molecule has 0 saturated carbocycles. The summed E-state index contributed by atoms with van der Waals surface area (Å²) in [6.07, 6.45) is -2.27. The first kappa shape index (κ1) is 29.6. The third kappa shape index (κ3) is 8.29. The van der Waals surface area contributed by atoms with Gasteiger partial charge in [0, 0.05) is 31.3 Å². The lowest BCUT2D eigenvalue weighted by Crippen LogP contribution is -2.30. The Morgan fingerprint density at radius 3 is 2.50 bits per heavy atom. The number of anilines is 1. The fraction of sp³-hybridized carbons (Fsp3) is 0.407. The topological polar surface area (TPSA) is 74.6 Å². The zero-order valence-electron chi connectivity index (χ0n) is 21.3. The highest BCUT2D eigenvalue weighted by molar-refractivity contribution is 6.30. The number of halogens is 4. The van der Waals surface area contributed by atoms with Crippen molar-refractivity contribution in [3.63, 3.8) is 0 Å². The van der Waals surface area contributed by atoms with Crippen LogP contribution in [0.4, 0.5) is 18.9 Å². The van der Waals surface area contributed by atoms with Gasteiger partial charge in [0.15, 0.2) is 5.15 Å². The molecule has 0 atom stereocenters. The summed E-state index contributed by atoms with van der Waals surface area (Å²) in [7, 11) is 1.59. The number of aromatic nitrogens is 2. The number of para-hydroxylation sites is 1. The molecule has 0 spiro atoms. The van der Waals surface area contributed by atoms with Crippen molar-refractivity contribution in [2.75, 3.05) is 32.4 Å². The molecule has 0 bridgehead atoms. The summed E-state index contributed by atoms with van der Waals surface area (Å²) in [4.78, 5) is 16.0. The summed E-state index contributed by atoms with van der Waals surface area (Å²) in [5.41, 5.74) is 2.90. The first-order chi connectivity index (χ1) is 18.2. The minimum Gasteiger partial charge on any atom is -0.382 e. The Morgan fingerprint density at radius 2 is 1.82 bits per heavy atom. The minimum absolute atomic E-state index is 0.0815. The fourth-order valence-corrected chi connectivity index (χ4v) is 4.02. The second-order valence-corrected chi connectivity index (χ2v) is 8.87. The number of nitrogens with one attached hydrogen (secondary N) is 1. The summed E-state index contributed by atoms with van der Waals surface area (Å²) in [5.74, 6) is -1.17. The molecule has 2 aromatic carbocycles. The van der Waals surface area contributed by atoms with E-state index in [1.807, 2.05) is 22.0 Å². The number of unbranched alkanes of at least 4 members (excludes halogenated alkanes) is 1. The number of hydrogen-bond donors (Lipinski definition) is 1. The van der Waals surface area contributed by atoms with Crippen LogP contribution in [-0.4, -0.2) is 48.8 Å². The van der Waals surface area contributed by atoms with Crippen LogP contribution in [-0.2, 0) is 38.6 Å². The molecule has 0 radical (unpaired) electrons. The van der Waals surface area contributed by atoms with E-state index in [0.717, 1.165) is 36.3 Å². The van der Waals surface area contributed by atoms with Gasteiger partial charge in [-0.2, -0.15) is 13.2 Å². The summed E-state index contributed by atoms with van der Waals surface area (Å²) in [6.45, 7) is 3.78. The maximum atomic E-state index is 12.8. The van der Waals surface area contributed by atoms with Gasteiger partial charge in [-0.05, 0) is 23.6 Å². The predicted octanol–water partition coefficient (Wildman–Crippen LogP) is 6.23. The second kappa shape index (κ2) is 14.3. The van der Waals surface area contributed by atoms with E-state index in [-0.39, 0.29) is 19.1 Å². The summed E-state index contributed by atoms with van der Waals surface area (Å²) in [6, 6.07) is 13.7. The van der Waals surface area contributed by atoms with Gasteiger partial charge in [-0.1, -0.05) is 67.4 Å². The van der Waals surface area contributed by atoms with Crippen molar-refractivity contribution in [3.05, 3.63) is 70.8 Å². The molecule has 3 rings (SSSR count). The van der Waals surface area contributed by atoms with E-state index in [4.69, 9.17) is 25.8 Å². The highest BCUT2D eigenvalue weighted by atomic mass is 35.5. The van der Waals surface area contributed by atoms with Crippen LogP contribution in [0.3, 0.4) is 0 Å². The van der Waals surface area contributed by atoms with Crippen LogP contribution in [0.2, 0.25) is 5.15 Å². The monoisotopic (exact) mass is 553 g/mol. The lowest BCUT2D eigenvalue weighted by molar-refractivity contribution is -0.167. The van der Waals surface area contributed by atoms with Crippen LogP contribution in [0.5, 0.6) is 0 Å². The van der Waals surface area contributed by atoms with Crippen molar-refractivity contribution in [1.29, 1.82) is 0 Å². The number of aryl methyl sites for hydroxylation is 1. The molecule has 0 unspecified atom stereocenters. The Morgan fingerprint density at radius 1 is 1.08 bits per heavy atom. The van der Waals surface area contributed by atoms with Crippen LogP contribution in [0.25, 0.3) is 11.1 Å².